The Balaban J connectivity index is 1.62. The van der Waals surface area contributed by atoms with Crippen LogP contribution in [0.5, 0.6) is 5.88 Å². The summed E-state index contributed by atoms with van der Waals surface area (Å²) in [6.45, 7) is 3.47. The summed E-state index contributed by atoms with van der Waals surface area (Å²) in [5.74, 6) is 1.77. The van der Waals surface area contributed by atoms with Crippen LogP contribution in [0.1, 0.15) is 40.4 Å². The van der Waals surface area contributed by atoms with E-state index in [1.54, 1.807) is 7.11 Å². The van der Waals surface area contributed by atoms with Crippen LogP contribution >= 0.6 is 0 Å². The van der Waals surface area contributed by atoms with E-state index in [4.69, 9.17) is 9.26 Å². The van der Waals surface area contributed by atoms with Gasteiger partial charge in [0.2, 0.25) is 0 Å². The summed E-state index contributed by atoms with van der Waals surface area (Å²) >= 11 is 0. The number of rotatable bonds is 3. The molecule has 0 aliphatic carbocycles. The maximum absolute atomic E-state index is 12.5. The highest BCUT2D eigenvalue weighted by molar-refractivity contribution is 5.94. The number of aromatic nitrogens is 1. The van der Waals surface area contributed by atoms with E-state index in [1.807, 2.05) is 42.2 Å². The number of hydrogen-bond donors (Lipinski definition) is 0. The van der Waals surface area contributed by atoms with E-state index in [2.05, 4.69) is 5.16 Å². The molecule has 2 aromatic rings. The van der Waals surface area contributed by atoms with E-state index in [-0.39, 0.29) is 5.91 Å². The maximum Gasteiger partial charge on any atom is 0.254 e. The third-order valence-corrected chi connectivity index (χ3v) is 4.17. The fourth-order valence-corrected chi connectivity index (χ4v) is 2.89. The number of aryl methyl sites for hydroxylation is 1. The monoisotopic (exact) mass is 300 g/mol. The molecule has 2 heterocycles. The smallest absolute Gasteiger partial charge is 0.254 e. The lowest BCUT2D eigenvalue weighted by Crippen LogP contribution is -2.37. The van der Waals surface area contributed by atoms with Gasteiger partial charge in [-0.3, -0.25) is 4.79 Å². The minimum atomic E-state index is 0.109. The summed E-state index contributed by atoms with van der Waals surface area (Å²) in [7, 11) is 1.57. The van der Waals surface area contributed by atoms with Crippen molar-refractivity contribution >= 4 is 5.91 Å². The Labute approximate surface area is 129 Å². The lowest BCUT2D eigenvalue weighted by Gasteiger charge is -2.31. The summed E-state index contributed by atoms with van der Waals surface area (Å²) in [5.41, 5.74) is 1.87. The van der Waals surface area contributed by atoms with E-state index in [1.165, 1.54) is 0 Å². The normalized spacial score (nSPS) is 15.8. The molecule has 1 fully saturated rings. The van der Waals surface area contributed by atoms with Crippen molar-refractivity contribution in [3.05, 3.63) is 47.2 Å². The Kier molecular flexibility index (Phi) is 4.13. The molecule has 3 rings (SSSR count). The van der Waals surface area contributed by atoms with Gasteiger partial charge in [0.25, 0.3) is 11.8 Å². The largest absolute Gasteiger partial charge is 0.479 e. The van der Waals surface area contributed by atoms with Crippen molar-refractivity contribution in [1.82, 2.24) is 10.1 Å². The molecule has 0 unspecified atom stereocenters. The van der Waals surface area contributed by atoms with Crippen LogP contribution in [-0.2, 0) is 0 Å². The maximum atomic E-state index is 12.5. The Bertz CT molecular complexity index is 657. The Morgan fingerprint density at radius 3 is 2.73 bits per heavy atom. The van der Waals surface area contributed by atoms with E-state index in [0.29, 0.717) is 11.8 Å². The number of ether oxygens (including phenoxy) is 1. The minimum Gasteiger partial charge on any atom is -0.479 e. The van der Waals surface area contributed by atoms with Gasteiger partial charge in [-0.15, -0.1) is 0 Å². The topological polar surface area (TPSA) is 55.6 Å². The molecule has 0 bridgehead atoms. The van der Waals surface area contributed by atoms with Gasteiger partial charge < -0.3 is 14.2 Å². The van der Waals surface area contributed by atoms with Gasteiger partial charge in [-0.05, 0) is 37.1 Å². The predicted molar refractivity (Wildman–Crippen MR) is 82.1 cm³/mol. The number of nitrogens with zero attached hydrogens (tertiary/aromatic N) is 2. The van der Waals surface area contributed by atoms with Crippen LogP contribution < -0.4 is 4.74 Å². The van der Waals surface area contributed by atoms with Crippen LogP contribution in [0.25, 0.3) is 0 Å². The summed E-state index contributed by atoms with van der Waals surface area (Å²) in [6, 6.07) is 9.58. The molecule has 0 N–H and O–H groups in total. The molecule has 1 aliphatic rings. The molecule has 0 atom stereocenters. The first-order valence-electron chi connectivity index (χ1n) is 7.54. The second kappa shape index (κ2) is 6.22. The highest BCUT2D eigenvalue weighted by Gasteiger charge is 2.27. The quantitative estimate of drug-likeness (QED) is 0.874. The lowest BCUT2D eigenvalue weighted by atomic mass is 9.94. The average Bonchev–Trinajstić information content (AvgIpc) is 3.03. The zero-order valence-corrected chi connectivity index (χ0v) is 12.9. The number of amides is 1. The summed E-state index contributed by atoms with van der Waals surface area (Å²) in [5, 5.41) is 3.84. The molecule has 22 heavy (non-hydrogen) atoms. The van der Waals surface area contributed by atoms with Crippen LogP contribution in [0.2, 0.25) is 0 Å². The summed E-state index contributed by atoms with van der Waals surface area (Å²) in [4.78, 5) is 14.4. The fourth-order valence-electron chi connectivity index (χ4n) is 2.89. The number of hydrogen-bond acceptors (Lipinski definition) is 4. The minimum absolute atomic E-state index is 0.109. The Morgan fingerprint density at radius 1 is 1.32 bits per heavy atom. The Morgan fingerprint density at radius 2 is 2.09 bits per heavy atom. The van der Waals surface area contributed by atoms with Crippen LogP contribution in [0.15, 0.2) is 34.9 Å². The van der Waals surface area contributed by atoms with Crippen molar-refractivity contribution in [2.45, 2.75) is 25.7 Å². The van der Waals surface area contributed by atoms with Crippen LogP contribution in [0, 0.1) is 6.92 Å². The van der Waals surface area contributed by atoms with E-state index in [0.717, 1.165) is 42.8 Å². The molecular formula is C17H20N2O3. The summed E-state index contributed by atoms with van der Waals surface area (Å²) in [6.07, 6.45) is 1.77. The van der Waals surface area contributed by atoms with Crippen molar-refractivity contribution in [3.63, 3.8) is 0 Å². The zero-order chi connectivity index (χ0) is 15.5. The van der Waals surface area contributed by atoms with Crippen molar-refractivity contribution < 1.29 is 14.1 Å². The third kappa shape index (κ3) is 2.98. The number of methoxy groups -OCH3 is 1. The molecular weight excluding hydrogens is 280 g/mol. The van der Waals surface area contributed by atoms with Gasteiger partial charge in [0.05, 0.1) is 7.11 Å². The number of piperidine rings is 1. The molecule has 1 aromatic carbocycles. The Hall–Kier alpha value is -2.30. The molecule has 0 radical (unpaired) electrons. The van der Waals surface area contributed by atoms with Gasteiger partial charge in [-0.2, -0.15) is 0 Å². The molecule has 0 spiro atoms. The highest BCUT2D eigenvalue weighted by atomic mass is 16.5. The van der Waals surface area contributed by atoms with Gasteiger partial charge in [0, 0.05) is 30.6 Å². The molecule has 5 heteroatoms. The van der Waals surface area contributed by atoms with E-state index >= 15 is 0 Å². The molecule has 1 aromatic heterocycles. The first kappa shape index (κ1) is 14.6. The highest BCUT2D eigenvalue weighted by Crippen LogP contribution is 2.30. The predicted octanol–water partition coefficient (Wildman–Crippen LogP) is 3.01. The van der Waals surface area contributed by atoms with Gasteiger partial charge in [0.15, 0.2) is 0 Å². The lowest BCUT2D eigenvalue weighted by molar-refractivity contribution is 0.0706. The third-order valence-electron chi connectivity index (χ3n) is 4.17. The van der Waals surface area contributed by atoms with Crippen molar-refractivity contribution in [2.75, 3.05) is 20.2 Å². The average molecular weight is 300 g/mol. The van der Waals surface area contributed by atoms with Crippen LogP contribution in [0.4, 0.5) is 0 Å². The van der Waals surface area contributed by atoms with E-state index in [9.17, 15) is 4.79 Å². The molecule has 5 nitrogen and oxygen atoms in total. The number of carbonyl (C=O) groups is 1. The van der Waals surface area contributed by atoms with Crippen molar-refractivity contribution in [3.8, 4) is 5.88 Å². The van der Waals surface area contributed by atoms with Crippen LogP contribution in [-0.4, -0.2) is 36.2 Å². The fraction of sp³-hybridized carbons (Fsp3) is 0.412. The molecule has 116 valence electrons. The number of carbonyl (C=O) groups excluding carboxylic acids is 1. The molecule has 1 saturated heterocycles. The molecule has 0 saturated carbocycles. The SMILES string of the molecule is COc1cc(C2CCN(C(=O)c3cccc(C)c3)CC2)on1. The van der Waals surface area contributed by atoms with Gasteiger partial charge >= 0.3 is 0 Å². The van der Waals surface area contributed by atoms with Gasteiger partial charge in [-0.1, -0.05) is 17.7 Å². The van der Waals surface area contributed by atoms with Gasteiger partial charge in [0.1, 0.15) is 5.76 Å². The van der Waals surface area contributed by atoms with E-state index < -0.39 is 0 Å². The molecule has 1 aliphatic heterocycles. The standard InChI is InChI=1S/C17H20N2O3/c1-12-4-3-5-14(10-12)17(20)19-8-6-13(7-9-19)15-11-16(21-2)18-22-15/h3-5,10-11,13H,6-9H2,1-2H3. The zero-order valence-electron chi connectivity index (χ0n) is 12.9. The van der Waals surface area contributed by atoms with Crippen molar-refractivity contribution in [2.24, 2.45) is 0 Å². The number of benzene rings is 1. The summed E-state index contributed by atoms with van der Waals surface area (Å²) < 4.78 is 10.4. The number of likely N-dealkylation sites (tertiary alicyclic amines) is 1. The molecule has 1 amide bonds. The van der Waals surface area contributed by atoms with Gasteiger partial charge in [-0.25, -0.2) is 0 Å². The van der Waals surface area contributed by atoms with Crippen LogP contribution in [0.3, 0.4) is 0 Å². The van der Waals surface area contributed by atoms with Crippen molar-refractivity contribution in [1.29, 1.82) is 0 Å². The second-order valence-electron chi connectivity index (χ2n) is 5.71. The second-order valence-corrected chi connectivity index (χ2v) is 5.71. The first-order valence-corrected chi connectivity index (χ1v) is 7.54. The first-order chi connectivity index (χ1) is 10.7.